The van der Waals surface area contributed by atoms with Gasteiger partial charge in [0.1, 0.15) is 18.4 Å². The minimum Gasteiger partial charge on any atom is -0.465 e. The van der Waals surface area contributed by atoms with E-state index in [4.69, 9.17) is 16.3 Å². The van der Waals surface area contributed by atoms with E-state index in [0.717, 1.165) is 15.6 Å². The third kappa shape index (κ3) is 4.92. The van der Waals surface area contributed by atoms with Crippen LogP contribution in [0.1, 0.15) is 19.8 Å². The summed E-state index contributed by atoms with van der Waals surface area (Å²) in [6.07, 6.45) is 0.811. The fourth-order valence-corrected chi connectivity index (χ4v) is 6.64. The maximum atomic E-state index is 13.8. The maximum absolute atomic E-state index is 13.8. The Bertz CT molecular complexity index is 1420. The number of hydrogen-bond donors (Lipinski definition) is 0. The Hall–Kier alpha value is -2.60. The average molecular weight is 526 g/mol. The Labute approximate surface area is 204 Å². The molecule has 1 saturated heterocycles. The average Bonchev–Trinajstić information content (AvgIpc) is 3.40. The van der Waals surface area contributed by atoms with E-state index in [1.54, 1.807) is 6.92 Å². The van der Waals surface area contributed by atoms with Gasteiger partial charge in [-0.2, -0.15) is 9.30 Å². The number of carbonyl (C=O) groups excluding carboxylic acids is 2. The van der Waals surface area contributed by atoms with Crippen molar-refractivity contribution in [2.24, 2.45) is 4.99 Å². The van der Waals surface area contributed by atoms with Crippen molar-refractivity contribution in [3.63, 3.8) is 0 Å². The standard InChI is InChI=1S/C22H21ClFN3O5S2/c1-2-32-20(28)13-26-17-10-7-15(24)12-19(17)33-22(26)25-21(29)18-4-3-11-27(18)34(30,31)16-8-5-14(23)6-9-16/h5-10,12,18H,2-4,11,13H2,1H3. The molecular formula is C22H21ClFN3O5S2. The SMILES string of the molecule is CCOC(=O)Cn1c(=NC(=O)C2CCCN2S(=O)(=O)c2ccc(Cl)cc2)sc2cc(F)ccc21. The highest BCUT2D eigenvalue weighted by atomic mass is 35.5. The molecule has 0 N–H and O–H groups in total. The first-order valence-electron chi connectivity index (χ1n) is 10.5. The molecule has 12 heteroatoms. The minimum atomic E-state index is -3.94. The number of benzene rings is 2. The van der Waals surface area contributed by atoms with Crippen LogP contribution < -0.4 is 4.80 Å². The lowest BCUT2D eigenvalue weighted by molar-refractivity contribution is -0.143. The summed E-state index contributed by atoms with van der Waals surface area (Å²) in [5.41, 5.74) is 0.517. The van der Waals surface area contributed by atoms with Gasteiger partial charge in [-0.05, 0) is 62.2 Å². The number of thiazole rings is 1. The number of halogens is 2. The van der Waals surface area contributed by atoms with Crippen molar-refractivity contribution in [1.82, 2.24) is 8.87 Å². The van der Waals surface area contributed by atoms with E-state index < -0.39 is 33.8 Å². The highest BCUT2D eigenvalue weighted by molar-refractivity contribution is 7.89. The quantitative estimate of drug-likeness (QED) is 0.460. The molecule has 1 aromatic heterocycles. The van der Waals surface area contributed by atoms with Gasteiger partial charge in [-0.1, -0.05) is 22.9 Å². The van der Waals surface area contributed by atoms with Crippen molar-refractivity contribution in [3.05, 3.63) is 58.1 Å². The Morgan fingerprint density at radius 1 is 1.24 bits per heavy atom. The molecule has 1 atom stereocenters. The predicted octanol–water partition coefficient (Wildman–Crippen LogP) is 3.34. The summed E-state index contributed by atoms with van der Waals surface area (Å²) in [5, 5.41) is 0.398. The van der Waals surface area contributed by atoms with Gasteiger partial charge in [0, 0.05) is 11.6 Å². The van der Waals surface area contributed by atoms with Crippen LogP contribution in [0, 0.1) is 5.82 Å². The molecule has 4 rings (SSSR count). The lowest BCUT2D eigenvalue weighted by atomic mass is 10.2. The van der Waals surface area contributed by atoms with Crippen molar-refractivity contribution in [2.45, 2.75) is 37.2 Å². The van der Waals surface area contributed by atoms with Gasteiger partial charge in [-0.15, -0.1) is 0 Å². The van der Waals surface area contributed by atoms with E-state index in [-0.39, 0.29) is 29.4 Å². The first kappa shape index (κ1) is 24.5. The molecule has 1 fully saturated rings. The van der Waals surface area contributed by atoms with E-state index in [1.807, 2.05) is 0 Å². The van der Waals surface area contributed by atoms with Crippen LogP contribution in [0.2, 0.25) is 5.02 Å². The van der Waals surface area contributed by atoms with Crippen molar-refractivity contribution < 1.29 is 27.1 Å². The monoisotopic (exact) mass is 525 g/mol. The second-order valence-corrected chi connectivity index (χ2v) is 10.9. The molecule has 0 spiro atoms. The van der Waals surface area contributed by atoms with Gasteiger partial charge in [0.15, 0.2) is 4.80 Å². The zero-order valence-corrected chi connectivity index (χ0v) is 20.5. The molecule has 0 aliphatic carbocycles. The van der Waals surface area contributed by atoms with Crippen molar-refractivity contribution in [2.75, 3.05) is 13.2 Å². The van der Waals surface area contributed by atoms with Gasteiger partial charge >= 0.3 is 5.97 Å². The molecule has 34 heavy (non-hydrogen) atoms. The van der Waals surface area contributed by atoms with Crippen LogP contribution in [0.5, 0.6) is 0 Å². The molecule has 1 aliphatic rings. The normalized spacial score (nSPS) is 17.4. The molecule has 1 unspecified atom stereocenters. The maximum Gasteiger partial charge on any atom is 0.326 e. The molecular weight excluding hydrogens is 505 g/mol. The largest absolute Gasteiger partial charge is 0.465 e. The number of esters is 1. The summed E-state index contributed by atoms with van der Waals surface area (Å²) >= 11 is 6.91. The predicted molar refractivity (Wildman–Crippen MR) is 125 cm³/mol. The van der Waals surface area contributed by atoms with Crippen LogP contribution >= 0.6 is 22.9 Å². The molecule has 2 heterocycles. The van der Waals surface area contributed by atoms with E-state index in [2.05, 4.69) is 4.99 Å². The van der Waals surface area contributed by atoms with Crippen LogP contribution in [0.15, 0.2) is 52.4 Å². The molecule has 2 aromatic carbocycles. The van der Waals surface area contributed by atoms with E-state index >= 15 is 0 Å². The second-order valence-electron chi connectivity index (χ2n) is 7.57. The van der Waals surface area contributed by atoms with E-state index in [0.29, 0.717) is 28.1 Å². The van der Waals surface area contributed by atoms with E-state index in [1.165, 1.54) is 47.0 Å². The third-order valence-corrected chi connectivity index (χ3v) is 8.57. The Kier molecular flexibility index (Phi) is 7.17. The Balaban J connectivity index is 1.72. The summed E-state index contributed by atoms with van der Waals surface area (Å²) in [6, 6.07) is 8.78. The second kappa shape index (κ2) is 9.95. The summed E-state index contributed by atoms with van der Waals surface area (Å²) in [7, 11) is -3.94. The van der Waals surface area contributed by atoms with Gasteiger partial charge in [-0.25, -0.2) is 12.8 Å². The zero-order valence-electron chi connectivity index (χ0n) is 18.1. The first-order chi connectivity index (χ1) is 16.2. The first-order valence-corrected chi connectivity index (χ1v) is 13.1. The van der Waals surface area contributed by atoms with Crippen LogP contribution in [0.25, 0.3) is 10.2 Å². The van der Waals surface area contributed by atoms with Gasteiger partial charge < -0.3 is 9.30 Å². The molecule has 180 valence electrons. The molecule has 3 aromatic rings. The fourth-order valence-electron chi connectivity index (χ4n) is 3.81. The van der Waals surface area contributed by atoms with Gasteiger partial charge in [0.2, 0.25) is 10.0 Å². The summed E-state index contributed by atoms with van der Waals surface area (Å²) in [4.78, 5) is 29.7. The molecule has 1 amide bonds. The number of hydrogen-bond acceptors (Lipinski definition) is 6. The third-order valence-electron chi connectivity index (χ3n) is 5.35. The van der Waals surface area contributed by atoms with Crippen LogP contribution in [-0.2, 0) is 30.9 Å². The molecule has 0 saturated carbocycles. The molecule has 0 bridgehead atoms. The summed E-state index contributed by atoms with van der Waals surface area (Å²) in [6.45, 7) is 1.82. The Morgan fingerprint density at radius 2 is 1.97 bits per heavy atom. The van der Waals surface area contributed by atoms with Crippen molar-refractivity contribution >= 4 is 55.1 Å². The summed E-state index contributed by atoms with van der Waals surface area (Å²) < 4.78 is 48.2. The number of rotatable bonds is 6. The number of carbonyl (C=O) groups is 2. The molecule has 1 aliphatic heterocycles. The summed E-state index contributed by atoms with van der Waals surface area (Å²) in [5.74, 6) is -1.65. The van der Waals surface area contributed by atoms with Gasteiger partial charge in [0.05, 0.1) is 21.7 Å². The highest BCUT2D eigenvalue weighted by Crippen LogP contribution is 2.28. The zero-order chi connectivity index (χ0) is 24.5. The topological polar surface area (TPSA) is 98.0 Å². The highest BCUT2D eigenvalue weighted by Gasteiger charge is 2.39. The van der Waals surface area contributed by atoms with Crippen LogP contribution in [-0.4, -0.2) is 48.4 Å². The molecule has 0 radical (unpaired) electrons. The number of aromatic nitrogens is 1. The lowest BCUT2D eigenvalue weighted by Gasteiger charge is -2.21. The van der Waals surface area contributed by atoms with Crippen molar-refractivity contribution in [1.29, 1.82) is 0 Å². The van der Waals surface area contributed by atoms with Gasteiger partial charge in [-0.3, -0.25) is 9.59 Å². The lowest BCUT2D eigenvalue weighted by Crippen LogP contribution is -2.40. The number of sulfonamides is 1. The molecule has 8 nitrogen and oxygen atoms in total. The van der Waals surface area contributed by atoms with E-state index in [9.17, 15) is 22.4 Å². The van der Waals surface area contributed by atoms with Crippen LogP contribution in [0.4, 0.5) is 4.39 Å². The number of ether oxygens (including phenoxy) is 1. The van der Waals surface area contributed by atoms with Crippen LogP contribution in [0.3, 0.4) is 0 Å². The number of amides is 1. The fraction of sp³-hybridized carbons (Fsp3) is 0.318. The minimum absolute atomic E-state index is 0.0336. The Morgan fingerprint density at radius 3 is 2.68 bits per heavy atom. The number of fused-ring (bicyclic) bond motifs is 1. The smallest absolute Gasteiger partial charge is 0.326 e. The van der Waals surface area contributed by atoms with Gasteiger partial charge in [0.25, 0.3) is 5.91 Å². The van der Waals surface area contributed by atoms with Crippen molar-refractivity contribution in [3.8, 4) is 0 Å². The number of nitrogens with zero attached hydrogens (tertiary/aromatic N) is 3.